The molecule has 5 nitrogen and oxygen atoms in total. The second-order valence-corrected chi connectivity index (χ2v) is 6.01. The van der Waals surface area contributed by atoms with Crippen molar-refractivity contribution in [2.75, 3.05) is 0 Å². The molecule has 2 aromatic carbocycles. The van der Waals surface area contributed by atoms with E-state index in [-0.39, 0.29) is 5.82 Å². The van der Waals surface area contributed by atoms with Crippen LogP contribution in [0.15, 0.2) is 61.1 Å². The third-order valence-corrected chi connectivity index (χ3v) is 4.26. The van der Waals surface area contributed by atoms with Crippen molar-refractivity contribution >= 4 is 17.5 Å². The number of rotatable bonds is 4. The van der Waals surface area contributed by atoms with Crippen molar-refractivity contribution in [1.29, 1.82) is 0 Å². The first-order chi connectivity index (χ1) is 13.2. The molecule has 0 atom stereocenters. The monoisotopic (exact) mass is 359 g/mol. The number of ether oxygens (including phenoxy) is 1. The van der Waals surface area contributed by atoms with Crippen molar-refractivity contribution < 1.29 is 13.9 Å². The fraction of sp³-hybridized carbons (Fsp3) is 0.0476. The quantitative estimate of drug-likeness (QED) is 0.507. The Labute approximate surface area is 154 Å². The molecule has 0 amide bonds. The van der Waals surface area contributed by atoms with Crippen LogP contribution in [0.1, 0.15) is 5.56 Å². The van der Waals surface area contributed by atoms with Crippen molar-refractivity contribution in [3.05, 3.63) is 72.4 Å². The van der Waals surface area contributed by atoms with Gasteiger partial charge in [-0.15, -0.1) is 0 Å². The highest BCUT2D eigenvalue weighted by Gasteiger charge is 2.13. The summed E-state index contributed by atoms with van der Waals surface area (Å²) in [6.07, 6.45) is 4.72. The lowest BCUT2D eigenvalue weighted by Crippen LogP contribution is -1.95. The predicted octanol–water partition coefficient (Wildman–Crippen LogP) is 4.34. The first kappa shape index (κ1) is 16.8. The zero-order chi connectivity index (χ0) is 18.8. The lowest BCUT2D eigenvalue weighted by molar-refractivity contribution is -0.120. The van der Waals surface area contributed by atoms with Crippen molar-refractivity contribution in [1.82, 2.24) is 15.0 Å². The topological polar surface area (TPSA) is 65.0 Å². The molecule has 0 N–H and O–H groups in total. The zero-order valence-electron chi connectivity index (χ0n) is 14.4. The Kier molecular flexibility index (Phi) is 4.30. The van der Waals surface area contributed by atoms with Gasteiger partial charge in [0.25, 0.3) is 6.47 Å². The number of hydrogen-bond donors (Lipinski definition) is 0. The van der Waals surface area contributed by atoms with Crippen molar-refractivity contribution in [2.45, 2.75) is 6.92 Å². The van der Waals surface area contributed by atoms with Gasteiger partial charge in [0.2, 0.25) is 0 Å². The van der Waals surface area contributed by atoms with Gasteiger partial charge in [-0.1, -0.05) is 6.07 Å². The summed E-state index contributed by atoms with van der Waals surface area (Å²) in [5, 5.41) is 0. The van der Waals surface area contributed by atoms with Crippen LogP contribution in [-0.4, -0.2) is 21.4 Å². The van der Waals surface area contributed by atoms with Crippen LogP contribution in [0.5, 0.6) is 5.75 Å². The van der Waals surface area contributed by atoms with E-state index in [9.17, 15) is 9.18 Å². The Hall–Kier alpha value is -3.67. The fourth-order valence-electron chi connectivity index (χ4n) is 2.94. The summed E-state index contributed by atoms with van der Waals surface area (Å²) in [4.78, 5) is 23.8. The molecule has 0 unspecified atom stereocenters. The van der Waals surface area contributed by atoms with Crippen molar-refractivity contribution in [2.24, 2.45) is 0 Å². The number of aryl methyl sites for hydroxylation is 1. The Morgan fingerprint density at radius 1 is 0.926 bits per heavy atom. The van der Waals surface area contributed by atoms with Gasteiger partial charge in [-0.05, 0) is 54.4 Å². The highest BCUT2D eigenvalue weighted by atomic mass is 19.1. The molecule has 0 aliphatic rings. The van der Waals surface area contributed by atoms with Gasteiger partial charge < -0.3 is 4.74 Å². The summed E-state index contributed by atoms with van der Waals surface area (Å²) in [6.45, 7) is 2.06. The SMILES string of the molecule is Cc1cc(-c2ncc(OC=O)cc2-c2ccc3nccnc3c2)ccc1F. The summed E-state index contributed by atoms with van der Waals surface area (Å²) in [5.41, 5.74) is 5.03. The fourth-order valence-corrected chi connectivity index (χ4v) is 2.94. The van der Waals surface area contributed by atoms with Gasteiger partial charge in [0.05, 0.1) is 22.9 Å². The number of carbonyl (C=O) groups excluding carboxylic acids is 1. The second kappa shape index (κ2) is 6.92. The minimum Gasteiger partial charge on any atom is -0.427 e. The van der Waals surface area contributed by atoms with E-state index in [0.29, 0.717) is 23.5 Å². The molecule has 2 aromatic heterocycles. The van der Waals surface area contributed by atoms with E-state index < -0.39 is 0 Å². The van der Waals surface area contributed by atoms with E-state index in [4.69, 9.17) is 4.74 Å². The number of pyridine rings is 1. The molecule has 4 rings (SSSR count). The number of fused-ring (bicyclic) bond motifs is 1. The molecule has 0 spiro atoms. The number of halogens is 1. The third-order valence-electron chi connectivity index (χ3n) is 4.26. The maximum atomic E-state index is 13.7. The van der Waals surface area contributed by atoms with E-state index in [1.807, 2.05) is 18.2 Å². The zero-order valence-corrected chi connectivity index (χ0v) is 14.4. The number of carbonyl (C=O) groups is 1. The largest absolute Gasteiger partial charge is 0.427 e. The average Bonchev–Trinajstić information content (AvgIpc) is 2.70. The molecule has 0 aliphatic heterocycles. The van der Waals surface area contributed by atoms with E-state index in [2.05, 4.69) is 15.0 Å². The Morgan fingerprint density at radius 3 is 2.48 bits per heavy atom. The Morgan fingerprint density at radius 2 is 1.70 bits per heavy atom. The first-order valence-corrected chi connectivity index (χ1v) is 8.24. The number of benzene rings is 2. The minimum absolute atomic E-state index is 0.276. The van der Waals surface area contributed by atoms with E-state index >= 15 is 0 Å². The Bertz CT molecular complexity index is 1160. The molecule has 0 aliphatic carbocycles. The lowest BCUT2D eigenvalue weighted by Gasteiger charge is -2.12. The van der Waals surface area contributed by atoms with Gasteiger partial charge in [0.15, 0.2) is 0 Å². The molecule has 132 valence electrons. The Balaban J connectivity index is 1.93. The first-order valence-electron chi connectivity index (χ1n) is 8.24. The normalized spacial score (nSPS) is 10.7. The van der Waals surface area contributed by atoms with Crippen LogP contribution in [0.3, 0.4) is 0 Å². The smallest absolute Gasteiger partial charge is 0.298 e. The highest BCUT2D eigenvalue weighted by Crippen LogP contribution is 2.34. The summed E-state index contributed by atoms with van der Waals surface area (Å²) in [7, 11) is 0. The maximum absolute atomic E-state index is 13.7. The molecule has 27 heavy (non-hydrogen) atoms. The summed E-state index contributed by atoms with van der Waals surface area (Å²) in [5.74, 6) is 0.0454. The molecule has 0 radical (unpaired) electrons. The summed E-state index contributed by atoms with van der Waals surface area (Å²) >= 11 is 0. The van der Waals surface area contributed by atoms with Gasteiger partial charge in [0, 0.05) is 23.5 Å². The summed E-state index contributed by atoms with van der Waals surface area (Å²) < 4.78 is 18.6. The molecular weight excluding hydrogens is 345 g/mol. The van der Waals surface area contributed by atoms with Crippen LogP contribution in [0.2, 0.25) is 0 Å². The number of nitrogens with zero attached hydrogens (tertiary/aromatic N) is 3. The predicted molar refractivity (Wildman–Crippen MR) is 99.6 cm³/mol. The lowest BCUT2D eigenvalue weighted by atomic mass is 9.97. The van der Waals surface area contributed by atoms with Crippen LogP contribution >= 0.6 is 0 Å². The van der Waals surface area contributed by atoms with E-state index in [1.54, 1.807) is 37.5 Å². The van der Waals surface area contributed by atoms with Gasteiger partial charge in [0.1, 0.15) is 11.6 Å². The van der Waals surface area contributed by atoms with E-state index in [0.717, 1.165) is 27.7 Å². The molecule has 2 heterocycles. The van der Waals surface area contributed by atoms with Crippen LogP contribution in [0.25, 0.3) is 33.4 Å². The molecular formula is C21H14FN3O2. The van der Waals surface area contributed by atoms with Crippen molar-refractivity contribution in [3.8, 4) is 28.1 Å². The van der Waals surface area contributed by atoms with Crippen LogP contribution in [-0.2, 0) is 4.79 Å². The molecule has 0 saturated heterocycles. The second-order valence-electron chi connectivity index (χ2n) is 6.01. The maximum Gasteiger partial charge on any atom is 0.298 e. The van der Waals surface area contributed by atoms with Crippen LogP contribution < -0.4 is 4.74 Å². The number of hydrogen-bond acceptors (Lipinski definition) is 5. The molecule has 0 fully saturated rings. The molecule has 6 heteroatoms. The van der Waals surface area contributed by atoms with Gasteiger partial charge in [-0.2, -0.15) is 0 Å². The standard InChI is InChI=1S/C21H14FN3O2/c1-13-8-15(2-4-18(13)22)21-17(10-16(11-25-21)27-12-26)14-3-5-19-20(9-14)24-7-6-23-19/h2-12H,1H3. The average molecular weight is 359 g/mol. The van der Waals surface area contributed by atoms with Crippen LogP contribution in [0.4, 0.5) is 4.39 Å². The highest BCUT2D eigenvalue weighted by molar-refractivity contribution is 5.87. The van der Waals surface area contributed by atoms with Crippen molar-refractivity contribution in [3.63, 3.8) is 0 Å². The molecule has 4 aromatic rings. The summed E-state index contributed by atoms with van der Waals surface area (Å²) in [6, 6.07) is 12.2. The third kappa shape index (κ3) is 3.25. The molecule has 0 bridgehead atoms. The van der Waals surface area contributed by atoms with Gasteiger partial charge in [-0.3, -0.25) is 19.7 Å². The number of aromatic nitrogens is 3. The molecule has 0 saturated carbocycles. The van der Waals surface area contributed by atoms with E-state index in [1.165, 1.54) is 12.3 Å². The van der Waals surface area contributed by atoms with Crippen LogP contribution in [0, 0.1) is 12.7 Å². The van der Waals surface area contributed by atoms with Gasteiger partial charge >= 0.3 is 0 Å². The van der Waals surface area contributed by atoms with Gasteiger partial charge in [-0.25, -0.2) is 4.39 Å². The minimum atomic E-state index is -0.276.